The Balaban J connectivity index is 3.08. The summed E-state index contributed by atoms with van der Waals surface area (Å²) in [5, 5.41) is 21.5. The van der Waals surface area contributed by atoms with Crippen molar-refractivity contribution in [1.29, 1.82) is 0 Å². The molecule has 0 amide bonds. The molecule has 1 atom stereocenters. The number of carbonyl (C=O) groups is 1. The van der Waals surface area contributed by atoms with Crippen LogP contribution in [0.25, 0.3) is 0 Å². The summed E-state index contributed by atoms with van der Waals surface area (Å²) in [5.41, 5.74) is -1.37. The fourth-order valence-corrected chi connectivity index (χ4v) is 1.67. The molecule has 0 bridgehead atoms. The average Bonchev–Trinajstić information content (AvgIpc) is 2.37. The molecule has 0 aliphatic carbocycles. The number of hydrogen-bond donors (Lipinski definition) is 0. The number of non-ortho nitro benzene ring substituents is 1. The minimum atomic E-state index is -0.854. The molecule has 0 unspecified atom stereocenters. The van der Waals surface area contributed by atoms with Crippen molar-refractivity contribution in [3.8, 4) is 0 Å². The summed E-state index contributed by atoms with van der Waals surface area (Å²) >= 11 is 0. The number of nitrogens with zero attached hydrogens (tertiary/aromatic N) is 2. The monoisotopic (exact) mass is 282 g/mol. The molecule has 0 spiro atoms. The first-order valence-electron chi connectivity index (χ1n) is 6.00. The third kappa shape index (κ3) is 3.74. The van der Waals surface area contributed by atoms with Gasteiger partial charge in [0.2, 0.25) is 0 Å². The van der Waals surface area contributed by atoms with Crippen LogP contribution in [0.15, 0.2) is 18.2 Å². The highest BCUT2D eigenvalue weighted by molar-refractivity contribution is 5.94. The molecule has 0 aliphatic rings. The molecule has 0 fully saturated rings. The van der Waals surface area contributed by atoms with Gasteiger partial charge in [-0.3, -0.25) is 20.2 Å². The van der Waals surface area contributed by atoms with E-state index in [9.17, 15) is 25.0 Å². The largest absolute Gasteiger partial charge is 0.459 e. The van der Waals surface area contributed by atoms with Crippen LogP contribution < -0.4 is 0 Å². The predicted octanol–water partition coefficient (Wildman–Crippen LogP) is 2.85. The molecule has 1 aromatic rings. The molecule has 0 aliphatic heterocycles. The van der Waals surface area contributed by atoms with Gasteiger partial charge < -0.3 is 4.74 Å². The zero-order valence-corrected chi connectivity index (χ0v) is 11.1. The van der Waals surface area contributed by atoms with Crippen LogP contribution in [0.2, 0.25) is 0 Å². The lowest BCUT2D eigenvalue weighted by atomic mass is 10.1. The van der Waals surface area contributed by atoms with E-state index in [0.29, 0.717) is 6.42 Å². The molecule has 0 saturated heterocycles. The van der Waals surface area contributed by atoms with Crippen molar-refractivity contribution in [3.63, 3.8) is 0 Å². The van der Waals surface area contributed by atoms with Gasteiger partial charge in [-0.1, -0.05) is 13.3 Å². The standard InChI is InChI=1S/C12H14N2O6/c1-3-4-8(2)20-12(15)10-6-5-9(13(16)17)7-11(10)14(18)19/h5-8H,3-4H2,1-2H3/t8-/m1/s1. The number of nitro benzene ring substituents is 2. The molecular formula is C12H14N2O6. The molecule has 8 nitrogen and oxygen atoms in total. The van der Waals surface area contributed by atoms with Gasteiger partial charge in [0.25, 0.3) is 11.4 Å². The first-order chi connectivity index (χ1) is 9.36. The predicted molar refractivity (Wildman–Crippen MR) is 69.5 cm³/mol. The molecule has 1 aromatic carbocycles. The van der Waals surface area contributed by atoms with E-state index in [0.717, 1.165) is 24.6 Å². The molecule has 0 N–H and O–H groups in total. The van der Waals surface area contributed by atoms with Gasteiger partial charge >= 0.3 is 5.97 Å². The van der Waals surface area contributed by atoms with E-state index in [1.165, 1.54) is 0 Å². The molecule has 20 heavy (non-hydrogen) atoms. The second-order valence-corrected chi connectivity index (χ2v) is 4.22. The van der Waals surface area contributed by atoms with Gasteiger partial charge in [0.15, 0.2) is 0 Å². The molecule has 0 saturated carbocycles. The van der Waals surface area contributed by atoms with Crippen LogP contribution in [0.1, 0.15) is 37.0 Å². The fraction of sp³-hybridized carbons (Fsp3) is 0.417. The number of benzene rings is 1. The lowest BCUT2D eigenvalue weighted by molar-refractivity contribution is -0.394. The number of rotatable bonds is 6. The third-order valence-corrected chi connectivity index (χ3v) is 2.61. The van der Waals surface area contributed by atoms with E-state index in [1.54, 1.807) is 6.92 Å². The first-order valence-corrected chi connectivity index (χ1v) is 6.00. The van der Waals surface area contributed by atoms with Crippen molar-refractivity contribution in [3.05, 3.63) is 44.0 Å². The third-order valence-electron chi connectivity index (χ3n) is 2.61. The van der Waals surface area contributed by atoms with Crippen molar-refractivity contribution in [2.24, 2.45) is 0 Å². The van der Waals surface area contributed by atoms with E-state index in [1.807, 2.05) is 6.92 Å². The maximum atomic E-state index is 11.8. The van der Waals surface area contributed by atoms with E-state index in [2.05, 4.69) is 0 Å². The number of carbonyl (C=O) groups excluding carboxylic acids is 1. The minimum Gasteiger partial charge on any atom is -0.459 e. The Morgan fingerprint density at radius 1 is 1.30 bits per heavy atom. The normalized spacial score (nSPS) is 11.7. The molecule has 1 rings (SSSR count). The lowest BCUT2D eigenvalue weighted by Gasteiger charge is -2.11. The van der Waals surface area contributed by atoms with Gasteiger partial charge in [-0.2, -0.15) is 0 Å². The number of ether oxygens (including phenoxy) is 1. The number of nitro groups is 2. The van der Waals surface area contributed by atoms with Crippen molar-refractivity contribution < 1.29 is 19.4 Å². The topological polar surface area (TPSA) is 113 Å². The Hall–Kier alpha value is -2.51. The van der Waals surface area contributed by atoms with Gasteiger partial charge in [-0.25, -0.2) is 4.79 Å². The van der Waals surface area contributed by atoms with Crippen LogP contribution in [-0.2, 0) is 4.74 Å². The van der Waals surface area contributed by atoms with E-state index >= 15 is 0 Å². The molecule has 0 radical (unpaired) electrons. The zero-order valence-electron chi connectivity index (χ0n) is 11.1. The van der Waals surface area contributed by atoms with Crippen LogP contribution in [0.4, 0.5) is 11.4 Å². The highest BCUT2D eigenvalue weighted by atomic mass is 16.6. The van der Waals surface area contributed by atoms with Gasteiger partial charge in [0, 0.05) is 6.07 Å². The second-order valence-electron chi connectivity index (χ2n) is 4.22. The summed E-state index contributed by atoms with van der Waals surface area (Å²) in [4.78, 5) is 31.7. The van der Waals surface area contributed by atoms with Gasteiger partial charge in [0.05, 0.1) is 22.0 Å². The summed E-state index contributed by atoms with van der Waals surface area (Å²) in [6.07, 6.45) is 1.06. The average molecular weight is 282 g/mol. The van der Waals surface area contributed by atoms with Crippen LogP contribution in [0.3, 0.4) is 0 Å². The Morgan fingerprint density at radius 3 is 2.45 bits per heavy atom. The molecular weight excluding hydrogens is 268 g/mol. The summed E-state index contributed by atoms with van der Waals surface area (Å²) in [6, 6.07) is 2.83. The number of hydrogen-bond acceptors (Lipinski definition) is 6. The van der Waals surface area contributed by atoms with Gasteiger partial charge in [-0.05, 0) is 19.4 Å². The van der Waals surface area contributed by atoms with Gasteiger partial charge in [-0.15, -0.1) is 0 Å². The van der Waals surface area contributed by atoms with Crippen LogP contribution in [0.5, 0.6) is 0 Å². The maximum absolute atomic E-state index is 11.8. The first kappa shape index (κ1) is 15.5. The Labute approximate surface area is 114 Å². The highest BCUT2D eigenvalue weighted by Gasteiger charge is 2.25. The van der Waals surface area contributed by atoms with Crippen molar-refractivity contribution in [2.45, 2.75) is 32.8 Å². The van der Waals surface area contributed by atoms with E-state index < -0.39 is 27.2 Å². The molecule has 8 heteroatoms. The fourth-order valence-electron chi connectivity index (χ4n) is 1.67. The van der Waals surface area contributed by atoms with Crippen LogP contribution >= 0.6 is 0 Å². The van der Waals surface area contributed by atoms with E-state index in [-0.39, 0.29) is 11.7 Å². The quantitative estimate of drug-likeness (QED) is 0.450. The minimum absolute atomic E-state index is 0.288. The van der Waals surface area contributed by atoms with Crippen LogP contribution in [-0.4, -0.2) is 21.9 Å². The summed E-state index contributed by atoms with van der Waals surface area (Å²) in [5.74, 6) is -0.854. The van der Waals surface area contributed by atoms with Crippen molar-refractivity contribution in [2.75, 3.05) is 0 Å². The summed E-state index contributed by atoms with van der Waals surface area (Å²) in [7, 11) is 0. The summed E-state index contributed by atoms with van der Waals surface area (Å²) < 4.78 is 5.05. The summed E-state index contributed by atoms with van der Waals surface area (Å²) in [6.45, 7) is 3.59. The SMILES string of the molecule is CCC[C@@H](C)OC(=O)c1ccc([N+](=O)[O-])cc1[N+](=O)[O-]. The maximum Gasteiger partial charge on any atom is 0.345 e. The second kappa shape index (κ2) is 6.60. The lowest BCUT2D eigenvalue weighted by Crippen LogP contribution is -2.16. The molecule has 0 heterocycles. The van der Waals surface area contributed by atoms with Gasteiger partial charge in [0.1, 0.15) is 5.56 Å². The Bertz CT molecular complexity index is 543. The van der Waals surface area contributed by atoms with Crippen molar-refractivity contribution in [1.82, 2.24) is 0 Å². The van der Waals surface area contributed by atoms with Crippen LogP contribution in [0, 0.1) is 20.2 Å². The smallest absolute Gasteiger partial charge is 0.345 e. The molecule has 108 valence electrons. The van der Waals surface area contributed by atoms with E-state index in [4.69, 9.17) is 4.74 Å². The zero-order chi connectivity index (χ0) is 15.3. The Kier molecular flexibility index (Phi) is 5.13. The highest BCUT2D eigenvalue weighted by Crippen LogP contribution is 2.25. The molecule has 0 aromatic heterocycles. The number of esters is 1. The van der Waals surface area contributed by atoms with Crippen molar-refractivity contribution >= 4 is 17.3 Å². The Morgan fingerprint density at radius 2 is 1.95 bits per heavy atom.